The Bertz CT molecular complexity index is 1450. The molecule has 1 saturated carbocycles. The lowest BCUT2D eigenvalue weighted by atomic mass is 9.59. The van der Waals surface area contributed by atoms with E-state index in [0.717, 1.165) is 54.8 Å². The van der Waals surface area contributed by atoms with E-state index >= 15 is 0 Å². The van der Waals surface area contributed by atoms with Crippen LogP contribution in [0, 0.1) is 11.8 Å². The number of halogens is 1. The van der Waals surface area contributed by atoms with E-state index in [-0.39, 0.29) is 11.3 Å². The molecule has 3 aromatic rings. The van der Waals surface area contributed by atoms with Gasteiger partial charge >= 0.3 is 5.97 Å². The maximum atomic E-state index is 12.7. The van der Waals surface area contributed by atoms with Gasteiger partial charge < -0.3 is 20.3 Å². The van der Waals surface area contributed by atoms with E-state index in [1.165, 1.54) is 11.1 Å². The number of hydrogen-bond acceptors (Lipinski definition) is 5. The van der Waals surface area contributed by atoms with Gasteiger partial charge in [0.05, 0.1) is 18.4 Å². The number of aliphatic hydroxyl groups excluding tert-OH is 1. The smallest absolute Gasteiger partial charge is 0.329 e. The average molecular weight is 589 g/mol. The molecule has 7 heteroatoms. The number of fused-ring (bicyclic) bond motifs is 3. The van der Waals surface area contributed by atoms with Crippen molar-refractivity contribution < 1.29 is 19.7 Å². The van der Waals surface area contributed by atoms with Gasteiger partial charge in [0, 0.05) is 22.5 Å². The number of aromatic nitrogens is 1. The molecular formula is C35H41ClN2O4. The second kappa shape index (κ2) is 11.5. The van der Waals surface area contributed by atoms with E-state index in [4.69, 9.17) is 16.3 Å². The number of hydrogen-bond donors (Lipinski definition) is 3. The van der Waals surface area contributed by atoms with Crippen molar-refractivity contribution in [3.63, 3.8) is 0 Å². The van der Waals surface area contributed by atoms with Crippen molar-refractivity contribution in [3.05, 3.63) is 88.2 Å². The Labute approximate surface area is 253 Å². The highest BCUT2D eigenvalue weighted by molar-refractivity contribution is 6.30. The molecule has 1 spiro atoms. The summed E-state index contributed by atoms with van der Waals surface area (Å²) >= 11 is 6.21. The second-order valence-corrected chi connectivity index (χ2v) is 13.3. The van der Waals surface area contributed by atoms with Crippen LogP contribution in [-0.4, -0.2) is 33.3 Å². The highest BCUT2D eigenvalue weighted by Crippen LogP contribution is 2.56. The van der Waals surface area contributed by atoms with Gasteiger partial charge in [0.1, 0.15) is 11.3 Å². The fourth-order valence-electron chi connectivity index (χ4n) is 8.14. The highest BCUT2D eigenvalue weighted by atomic mass is 35.5. The standard InChI is InChI=1S/C35H41ClN2O4/c1-3-23-19-29(39)32-31(23)30(11-16-37-32)42-21-22(2)17-25-18-24-7-4-5-10-28(24)34(25)12-14-35(15-13-34,33(40)41)38-27-9-6-8-26(36)20-27/h4-11,16,20,22-23,25,29,38-39H,3,12-15,17-19,21H2,1-2H3,(H,40,41)/t22-,23?,25?,29?,34?,35?/m1/s1. The quantitative estimate of drug-likeness (QED) is 0.237. The van der Waals surface area contributed by atoms with Crippen molar-refractivity contribution in [2.75, 3.05) is 11.9 Å². The monoisotopic (exact) mass is 588 g/mol. The van der Waals surface area contributed by atoms with E-state index in [9.17, 15) is 15.0 Å². The number of benzene rings is 2. The maximum absolute atomic E-state index is 12.7. The first-order valence-corrected chi connectivity index (χ1v) is 15.8. The van der Waals surface area contributed by atoms with Crippen molar-refractivity contribution in [3.8, 4) is 5.75 Å². The molecule has 1 fully saturated rings. The fraction of sp³-hybridized carbons (Fsp3) is 0.486. The Morgan fingerprint density at radius 2 is 1.93 bits per heavy atom. The van der Waals surface area contributed by atoms with Gasteiger partial charge in [0.15, 0.2) is 0 Å². The summed E-state index contributed by atoms with van der Waals surface area (Å²) in [5.41, 5.74) is 4.32. The van der Waals surface area contributed by atoms with Gasteiger partial charge in [-0.15, -0.1) is 0 Å². The Morgan fingerprint density at radius 3 is 2.67 bits per heavy atom. The van der Waals surface area contributed by atoms with Crippen molar-refractivity contribution in [2.45, 2.75) is 88.2 Å². The maximum Gasteiger partial charge on any atom is 0.329 e. The van der Waals surface area contributed by atoms with Gasteiger partial charge in [-0.05, 0) is 110 Å². The Balaban J connectivity index is 1.19. The number of anilines is 1. The van der Waals surface area contributed by atoms with Gasteiger partial charge in [-0.3, -0.25) is 4.98 Å². The molecule has 3 aliphatic carbocycles. The molecule has 4 atom stereocenters. The number of rotatable bonds is 9. The molecule has 1 heterocycles. The van der Waals surface area contributed by atoms with Gasteiger partial charge in [-0.2, -0.15) is 0 Å². The molecule has 0 amide bonds. The summed E-state index contributed by atoms with van der Waals surface area (Å²) in [5, 5.41) is 24.9. The SMILES string of the molecule is CCC1CC(O)c2nccc(OC[C@H](C)CC3Cc4ccccc4C34CCC(Nc3cccc(Cl)c3)(C(=O)O)CC4)c21. The molecule has 0 bridgehead atoms. The Kier molecular flexibility index (Phi) is 7.97. The lowest BCUT2D eigenvalue weighted by molar-refractivity contribution is -0.144. The first kappa shape index (κ1) is 29.0. The van der Waals surface area contributed by atoms with Crippen molar-refractivity contribution in [1.29, 1.82) is 0 Å². The topological polar surface area (TPSA) is 91.7 Å². The molecule has 3 N–H and O–H groups in total. The zero-order valence-electron chi connectivity index (χ0n) is 24.5. The number of nitrogens with zero attached hydrogens (tertiary/aromatic N) is 1. The van der Waals surface area contributed by atoms with Crippen LogP contribution in [-0.2, 0) is 16.6 Å². The summed E-state index contributed by atoms with van der Waals surface area (Å²) in [6.07, 6.45) is 7.64. The van der Waals surface area contributed by atoms with Crippen LogP contribution in [0.15, 0.2) is 60.8 Å². The lowest BCUT2D eigenvalue weighted by Crippen LogP contribution is -2.53. The van der Waals surface area contributed by atoms with Crippen LogP contribution < -0.4 is 10.1 Å². The number of carboxylic acid groups (broad SMARTS) is 1. The van der Waals surface area contributed by atoms with Crippen LogP contribution in [0.4, 0.5) is 5.69 Å². The normalized spacial score (nSPS) is 28.7. The Morgan fingerprint density at radius 1 is 1.14 bits per heavy atom. The summed E-state index contributed by atoms with van der Waals surface area (Å²) in [4.78, 5) is 17.2. The molecule has 6 rings (SSSR count). The zero-order valence-corrected chi connectivity index (χ0v) is 25.2. The third-order valence-corrected chi connectivity index (χ3v) is 10.6. The molecule has 6 nitrogen and oxygen atoms in total. The minimum absolute atomic E-state index is 0.0465. The molecule has 42 heavy (non-hydrogen) atoms. The minimum atomic E-state index is -1.02. The van der Waals surface area contributed by atoms with Crippen LogP contribution in [0.2, 0.25) is 5.02 Å². The van der Waals surface area contributed by atoms with E-state index in [2.05, 4.69) is 48.4 Å². The van der Waals surface area contributed by atoms with E-state index < -0.39 is 17.6 Å². The molecule has 3 unspecified atom stereocenters. The third-order valence-electron chi connectivity index (χ3n) is 10.3. The molecule has 1 aromatic heterocycles. The fourth-order valence-corrected chi connectivity index (χ4v) is 8.33. The summed E-state index contributed by atoms with van der Waals surface area (Å²) < 4.78 is 6.45. The van der Waals surface area contributed by atoms with Crippen molar-refractivity contribution in [1.82, 2.24) is 4.98 Å². The summed E-state index contributed by atoms with van der Waals surface area (Å²) in [6, 6.07) is 18.0. The van der Waals surface area contributed by atoms with Crippen LogP contribution in [0.1, 0.15) is 93.2 Å². The molecule has 0 aliphatic heterocycles. The molecule has 0 saturated heterocycles. The van der Waals surface area contributed by atoms with Gasteiger partial charge in [-0.25, -0.2) is 4.79 Å². The number of carbonyl (C=O) groups is 1. The van der Waals surface area contributed by atoms with Crippen molar-refractivity contribution in [2.24, 2.45) is 11.8 Å². The highest BCUT2D eigenvalue weighted by Gasteiger charge is 2.54. The molecule has 222 valence electrons. The average Bonchev–Trinajstić information content (AvgIpc) is 3.47. The third kappa shape index (κ3) is 5.17. The van der Waals surface area contributed by atoms with Gasteiger partial charge in [0.2, 0.25) is 0 Å². The number of ether oxygens (including phenoxy) is 1. The largest absolute Gasteiger partial charge is 0.493 e. The number of aliphatic hydroxyl groups is 1. The number of pyridine rings is 1. The summed E-state index contributed by atoms with van der Waals surface area (Å²) in [6.45, 7) is 5.01. The first-order chi connectivity index (χ1) is 20.2. The zero-order chi connectivity index (χ0) is 29.5. The lowest BCUT2D eigenvalue weighted by Gasteiger charge is -2.47. The van der Waals surface area contributed by atoms with Gasteiger partial charge in [-0.1, -0.05) is 55.8 Å². The number of aliphatic carboxylic acids is 1. The van der Waals surface area contributed by atoms with Crippen LogP contribution >= 0.6 is 11.6 Å². The summed E-state index contributed by atoms with van der Waals surface area (Å²) in [7, 11) is 0. The molecular weight excluding hydrogens is 548 g/mol. The van der Waals surface area contributed by atoms with Gasteiger partial charge in [0.25, 0.3) is 0 Å². The predicted molar refractivity (Wildman–Crippen MR) is 165 cm³/mol. The molecule has 3 aliphatic rings. The second-order valence-electron chi connectivity index (χ2n) is 12.9. The molecule has 2 aromatic carbocycles. The number of carboxylic acids is 1. The van der Waals surface area contributed by atoms with E-state index in [1.807, 2.05) is 18.2 Å². The minimum Gasteiger partial charge on any atom is -0.493 e. The predicted octanol–water partition coefficient (Wildman–Crippen LogP) is 7.69. The number of nitrogens with one attached hydrogen (secondary N) is 1. The van der Waals surface area contributed by atoms with E-state index in [1.54, 1.807) is 18.3 Å². The molecule has 0 radical (unpaired) electrons. The van der Waals surface area contributed by atoms with Crippen LogP contribution in [0.25, 0.3) is 0 Å². The van der Waals surface area contributed by atoms with Crippen molar-refractivity contribution >= 4 is 23.3 Å². The van der Waals surface area contributed by atoms with E-state index in [0.29, 0.717) is 42.7 Å². The van der Waals surface area contributed by atoms with Crippen LogP contribution in [0.5, 0.6) is 5.75 Å². The summed E-state index contributed by atoms with van der Waals surface area (Å²) in [5.74, 6) is 1.06. The first-order valence-electron chi connectivity index (χ1n) is 15.4. The Hall–Kier alpha value is -3.09. The van der Waals surface area contributed by atoms with Crippen LogP contribution in [0.3, 0.4) is 0 Å².